The van der Waals surface area contributed by atoms with Crippen molar-refractivity contribution in [3.8, 4) is 17.2 Å². The molecule has 11 heteroatoms. The van der Waals surface area contributed by atoms with Gasteiger partial charge in [0.15, 0.2) is 6.10 Å². The molecule has 0 aromatic heterocycles. The zero-order valence-electron chi connectivity index (χ0n) is 20.1. The van der Waals surface area contributed by atoms with Crippen molar-refractivity contribution in [1.29, 1.82) is 0 Å². The van der Waals surface area contributed by atoms with Crippen LogP contribution in [-0.2, 0) is 19.6 Å². The second-order valence-corrected chi connectivity index (χ2v) is 10.6. The smallest absolute Gasteiger partial charge is 0.265 e. The fraction of sp³-hybridized carbons (Fsp3) is 0.417. The second kappa shape index (κ2) is 9.74. The van der Waals surface area contributed by atoms with E-state index < -0.39 is 22.0 Å². The lowest BCUT2D eigenvalue weighted by molar-refractivity contribution is -0.123. The number of sulfonamides is 1. The van der Waals surface area contributed by atoms with Gasteiger partial charge in [0.05, 0.1) is 30.7 Å². The molecular weight excluding hydrogens is 474 g/mol. The molecule has 0 radical (unpaired) electrons. The number of ether oxygens (including phenoxy) is 3. The molecule has 2 aliphatic heterocycles. The molecule has 188 valence electrons. The lowest BCUT2D eigenvalue weighted by atomic mass is 9.98. The van der Waals surface area contributed by atoms with Gasteiger partial charge in [0.2, 0.25) is 15.9 Å². The zero-order valence-corrected chi connectivity index (χ0v) is 20.9. The maximum atomic E-state index is 13.6. The van der Waals surface area contributed by atoms with Crippen LogP contribution in [0.5, 0.6) is 17.2 Å². The highest BCUT2D eigenvalue weighted by Crippen LogP contribution is 2.36. The lowest BCUT2D eigenvalue weighted by Gasteiger charge is -2.32. The van der Waals surface area contributed by atoms with Crippen LogP contribution in [0.4, 0.5) is 11.4 Å². The number of aryl methyl sites for hydroxylation is 1. The molecule has 2 aromatic rings. The number of carbonyl (C=O) groups is 2. The van der Waals surface area contributed by atoms with Crippen LogP contribution in [-0.4, -0.2) is 58.0 Å². The van der Waals surface area contributed by atoms with E-state index in [4.69, 9.17) is 14.2 Å². The topological polar surface area (TPSA) is 123 Å². The van der Waals surface area contributed by atoms with Gasteiger partial charge in [-0.25, -0.2) is 8.42 Å². The number of amides is 2. The van der Waals surface area contributed by atoms with Gasteiger partial charge in [-0.05, 0) is 38.3 Å². The number of hydrogen-bond donors (Lipinski definition) is 2. The summed E-state index contributed by atoms with van der Waals surface area (Å²) in [5, 5.41) is 5.58. The fourth-order valence-corrected chi connectivity index (χ4v) is 6.00. The molecule has 0 spiro atoms. The van der Waals surface area contributed by atoms with Gasteiger partial charge >= 0.3 is 0 Å². The fourth-order valence-electron chi connectivity index (χ4n) is 4.26. The first-order chi connectivity index (χ1) is 16.6. The van der Waals surface area contributed by atoms with Gasteiger partial charge in [0.25, 0.3) is 5.91 Å². The Bertz CT molecular complexity index is 1240. The highest BCUT2D eigenvalue weighted by Gasteiger charge is 2.35. The Hall–Kier alpha value is -3.31. The van der Waals surface area contributed by atoms with Gasteiger partial charge in [-0.1, -0.05) is 0 Å². The van der Waals surface area contributed by atoms with E-state index in [0.717, 1.165) is 0 Å². The SMILES string of the molecule is COc1cc(NC(=O)[C@H]2CCCN(S(=O)(=O)c3cc4c(cc3C)NC(=O)[C@@H](C)O4)C2)cc(OC)c1. The molecule has 2 aromatic carbocycles. The molecule has 2 amide bonds. The predicted molar refractivity (Wildman–Crippen MR) is 130 cm³/mol. The van der Waals surface area contributed by atoms with Gasteiger partial charge in [0, 0.05) is 43.0 Å². The molecule has 0 aliphatic carbocycles. The van der Waals surface area contributed by atoms with Crippen molar-refractivity contribution in [3.63, 3.8) is 0 Å². The van der Waals surface area contributed by atoms with Crippen molar-refractivity contribution in [2.75, 3.05) is 37.9 Å². The summed E-state index contributed by atoms with van der Waals surface area (Å²) in [4.78, 5) is 25.0. The van der Waals surface area contributed by atoms with Crippen LogP contribution in [0.1, 0.15) is 25.3 Å². The standard InChI is InChI=1S/C24H29N3O7S/c1-14-8-20-21(34-15(2)23(28)26-20)12-22(14)35(30,31)27-7-5-6-16(13-27)24(29)25-17-9-18(32-3)11-19(10-17)33-4/h8-12,15-16H,5-7,13H2,1-4H3,(H,25,29)(H,26,28)/t15-,16+/m1/s1. The summed E-state index contributed by atoms with van der Waals surface area (Å²) in [5.74, 6) is 0.281. The molecule has 35 heavy (non-hydrogen) atoms. The number of anilines is 2. The van der Waals surface area contributed by atoms with Crippen molar-refractivity contribution in [2.24, 2.45) is 5.92 Å². The minimum Gasteiger partial charge on any atom is -0.497 e. The number of methoxy groups -OCH3 is 2. The summed E-state index contributed by atoms with van der Waals surface area (Å²) in [6, 6.07) is 8.09. The summed E-state index contributed by atoms with van der Waals surface area (Å²) in [6.07, 6.45) is 0.389. The molecule has 2 N–H and O–H groups in total. The summed E-state index contributed by atoms with van der Waals surface area (Å²) in [7, 11) is -0.856. The van der Waals surface area contributed by atoms with Gasteiger partial charge < -0.3 is 24.8 Å². The van der Waals surface area contributed by atoms with E-state index in [2.05, 4.69) is 10.6 Å². The van der Waals surface area contributed by atoms with Gasteiger partial charge in [-0.15, -0.1) is 0 Å². The van der Waals surface area contributed by atoms with Crippen LogP contribution < -0.4 is 24.8 Å². The normalized spacial score (nSPS) is 20.3. The Balaban J connectivity index is 1.53. The number of carbonyl (C=O) groups excluding carboxylic acids is 2. The van der Waals surface area contributed by atoms with Crippen molar-refractivity contribution >= 4 is 33.2 Å². The maximum Gasteiger partial charge on any atom is 0.265 e. The second-order valence-electron chi connectivity index (χ2n) is 8.66. The first-order valence-electron chi connectivity index (χ1n) is 11.3. The molecule has 0 bridgehead atoms. The van der Waals surface area contributed by atoms with Crippen LogP contribution in [0.15, 0.2) is 35.2 Å². The van der Waals surface area contributed by atoms with Gasteiger partial charge in [0.1, 0.15) is 17.2 Å². The molecule has 2 aliphatic rings. The Morgan fingerprint density at radius 2 is 1.83 bits per heavy atom. The van der Waals surface area contributed by atoms with Crippen molar-refractivity contribution in [1.82, 2.24) is 4.31 Å². The molecule has 1 saturated heterocycles. The minimum atomic E-state index is -3.90. The zero-order chi connectivity index (χ0) is 25.3. The number of piperidine rings is 1. The monoisotopic (exact) mass is 503 g/mol. The number of hydrogen-bond acceptors (Lipinski definition) is 7. The lowest BCUT2D eigenvalue weighted by Crippen LogP contribution is -2.44. The number of nitrogens with one attached hydrogen (secondary N) is 2. The molecular formula is C24H29N3O7S. The summed E-state index contributed by atoms with van der Waals surface area (Å²) >= 11 is 0. The predicted octanol–water partition coefficient (Wildman–Crippen LogP) is 2.77. The number of nitrogens with zero attached hydrogens (tertiary/aromatic N) is 1. The molecule has 0 saturated carbocycles. The van der Waals surface area contributed by atoms with E-state index in [-0.39, 0.29) is 23.3 Å². The van der Waals surface area contributed by atoms with Crippen molar-refractivity contribution in [2.45, 2.75) is 37.7 Å². The third kappa shape index (κ3) is 5.06. The highest BCUT2D eigenvalue weighted by atomic mass is 32.2. The van der Waals surface area contributed by atoms with E-state index >= 15 is 0 Å². The molecule has 2 atom stereocenters. The van der Waals surface area contributed by atoms with Gasteiger partial charge in [-0.3, -0.25) is 9.59 Å². The van der Waals surface area contributed by atoms with Crippen LogP contribution in [0.3, 0.4) is 0 Å². The number of fused-ring (bicyclic) bond motifs is 1. The molecule has 2 heterocycles. The van der Waals surface area contributed by atoms with Crippen molar-refractivity contribution < 1.29 is 32.2 Å². The Morgan fingerprint density at radius 3 is 2.49 bits per heavy atom. The van der Waals surface area contributed by atoms with E-state index in [0.29, 0.717) is 53.6 Å². The van der Waals surface area contributed by atoms with Crippen LogP contribution >= 0.6 is 0 Å². The van der Waals surface area contributed by atoms with Crippen LogP contribution in [0.25, 0.3) is 0 Å². The Morgan fingerprint density at radius 1 is 1.14 bits per heavy atom. The molecule has 4 rings (SSSR count). The largest absolute Gasteiger partial charge is 0.497 e. The first kappa shape index (κ1) is 24.8. The molecule has 10 nitrogen and oxygen atoms in total. The number of rotatable bonds is 6. The third-order valence-corrected chi connectivity index (χ3v) is 8.21. The van der Waals surface area contributed by atoms with E-state index in [1.54, 1.807) is 38.1 Å². The average Bonchev–Trinajstić information content (AvgIpc) is 2.84. The number of benzene rings is 2. The van der Waals surface area contributed by atoms with E-state index in [1.807, 2.05) is 0 Å². The third-order valence-electron chi connectivity index (χ3n) is 6.20. The summed E-state index contributed by atoms with van der Waals surface area (Å²) in [6.45, 7) is 3.63. The summed E-state index contributed by atoms with van der Waals surface area (Å²) < 4.78 is 44.5. The van der Waals surface area contributed by atoms with E-state index in [9.17, 15) is 18.0 Å². The first-order valence-corrected chi connectivity index (χ1v) is 12.7. The van der Waals surface area contributed by atoms with E-state index in [1.165, 1.54) is 24.6 Å². The highest BCUT2D eigenvalue weighted by molar-refractivity contribution is 7.89. The van der Waals surface area contributed by atoms with Crippen LogP contribution in [0, 0.1) is 12.8 Å². The molecule has 1 fully saturated rings. The maximum absolute atomic E-state index is 13.6. The Labute approximate surface area is 204 Å². The van der Waals surface area contributed by atoms with Crippen molar-refractivity contribution in [3.05, 3.63) is 35.9 Å². The average molecular weight is 504 g/mol. The van der Waals surface area contributed by atoms with Crippen LogP contribution in [0.2, 0.25) is 0 Å². The van der Waals surface area contributed by atoms with Gasteiger partial charge in [-0.2, -0.15) is 4.31 Å². The summed E-state index contributed by atoms with van der Waals surface area (Å²) in [5.41, 5.74) is 1.43. The minimum absolute atomic E-state index is 0.0553. The quantitative estimate of drug-likeness (QED) is 0.621. The molecule has 0 unspecified atom stereocenters. The Kier molecular flexibility index (Phi) is 6.91.